The fraction of sp³-hybridized carbons (Fsp3) is 0.462. The number of likely N-dealkylation sites (N-methyl/N-ethyl adjacent to an activating group) is 1. The summed E-state index contributed by atoms with van der Waals surface area (Å²) in [7, 11) is 3.65. The highest BCUT2D eigenvalue weighted by Crippen LogP contribution is 2.24. The van der Waals surface area contributed by atoms with E-state index in [1.54, 1.807) is 0 Å². The summed E-state index contributed by atoms with van der Waals surface area (Å²) in [5.41, 5.74) is 0. The van der Waals surface area contributed by atoms with Crippen LogP contribution in [0.1, 0.15) is 0 Å². The van der Waals surface area contributed by atoms with Gasteiger partial charge in [-0.05, 0) is 32.3 Å². The second kappa shape index (κ2) is 8.04. The van der Waals surface area contributed by atoms with Gasteiger partial charge >= 0.3 is 0 Å². The summed E-state index contributed by atoms with van der Waals surface area (Å²) in [6.07, 6.45) is -0.650. The van der Waals surface area contributed by atoms with Gasteiger partial charge in [0.2, 0.25) is 0 Å². The van der Waals surface area contributed by atoms with E-state index in [1.165, 1.54) is 12.1 Å². The van der Waals surface area contributed by atoms with Crippen LogP contribution in [0.3, 0.4) is 0 Å². The minimum absolute atomic E-state index is 0.102. The molecular formula is C13H18ClFN2O3. The second-order valence-corrected chi connectivity index (χ2v) is 4.99. The summed E-state index contributed by atoms with van der Waals surface area (Å²) >= 11 is 5.76. The van der Waals surface area contributed by atoms with Crippen molar-refractivity contribution in [1.82, 2.24) is 10.2 Å². The van der Waals surface area contributed by atoms with Crippen LogP contribution in [0.15, 0.2) is 18.2 Å². The predicted molar refractivity (Wildman–Crippen MR) is 74.5 cm³/mol. The number of nitrogens with one attached hydrogen (secondary N) is 1. The van der Waals surface area contributed by atoms with E-state index < -0.39 is 11.9 Å². The summed E-state index contributed by atoms with van der Waals surface area (Å²) in [5.74, 6) is -0.626. The first kappa shape index (κ1) is 16.7. The molecule has 2 N–H and O–H groups in total. The largest absolute Gasteiger partial charge is 0.482 e. The minimum Gasteiger partial charge on any atom is -0.482 e. The van der Waals surface area contributed by atoms with E-state index in [1.807, 2.05) is 19.0 Å². The van der Waals surface area contributed by atoms with Crippen molar-refractivity contribution < 1.29 is 19.0 Å². The highest BCUT2D eigenvalue weighted by molar-refractivity contribution is 6.32. The Bertz CT molecular complexity index is 457. The summed E-state index contributed by atoms with van der Waals surface area (Å²) in [5, 5.41) is 12.2. The topological polar surface area (TPSA) is 61.8 Å². The smallest absolute Gasteiger partial charge is 0.258 e. The number of hydrogen-bond acceptors (Lipinski definition) is 4. The fourth-order valence-corrected chi connectivity index (χ4v) is 1.73. The van der Waals surface area contributed by atoms with Gasteiger partial charge in [-0.2, -0.15) is 0 Å². The molecule has 0 bridgehead atoms. The zero-order chi connectivity index (χ0) is 15.1. The molecular weight excluding hydrogens is 287 g/mol. The lowest BCUT2D eigenvalue weighted by Gasteiger charge is -2.16. The number of ether oxygens (including phenoxy) is 1. The van der Waals surface area contributed by atoms with Crippen LogP contribution in [0.2, 0.25) is 5.02 Å². The molecule has 7 heteroatoms. The Morgan fingerprint density at radius 2 is 2.25 bits per heavy atom. The molecule has 1 rings (SSSR count). The minimum atomic E-state index is -0.650. The normalized spacial score (nSPS) is 12.3. The van der Waals surface area contributed by atoms with Gasteiger partial charge in [-0.1, -0.05) is 11.6 Å². The predicted octanol–water partition coefficient (Wildman–Crippen LogP) is 0.897. The number of carbonyl (C=O) groups is 1. The van der Waals surface area contributed by atoms with Crippen molar-refractivity contribution in [2.75, 3.05) is 33.8 Å². The Kier molecular flexibility index (Phi) is 6.70. The molecule has 5 nitrogen and oxygen atoms in total. The van der Waals surface area contributed by atoms with E-state index in [9.17, 15) is 14.3 Å². The van der Waals surface area contributed by atoms with E-state index >= 15 is 0 Å². The number of carbonyl (C=O) groups excluding carboxylic acids is 1. The number of nitrogens with zero attached hydrogens (tertiary/aromatic N) is 1. The first-order valence-corrected chi connectivity index (χ1v) is 6.43. The lowest BCUT2D eigenvalue weighted by molar-refractivity contribution is -0.123. The number of rotatable bonds is 7. The molecule has 0 aliphatic carbocycles. The maximum Gasteiger partial charge on any atom is 0.258 e. The standard InChI is InChI=1S/C13H18ClFN2O3/c1-17(2)7-10(18)6-16-13(19)8-20-12-4-3-9(15)5-11(12)14/h3-5,10,18H,6-8H2,1-2H3,(H,16,19). The van der Waals surface area contributed by atoms with Gasteiger partial charge in [0, 0.05) is 13.1 Å². The van der Waals surface area contributed by atoms with E-state index in [0.717, 1.165) is 6.07 Å². The lowest BCUT2D eigenvalue weighted by Crippen LogP contribution is -2.39. The van der Waals surface area contributed by atoms with Crippen LogP contribution in [0.25, 0.3) is 0 Å². The first-order valence-electron chi connectivity index (χ1n) is 6.06. The Labute approximate surface area is 122 Å². The van der Waals surface area contributed by atoms with Crippen LogP contribution in [0.5, 0.6) is 5.75 Å². The van der Waals surface area contributed by atoms with Crippen LogP contribution in [0.4, 0.5) is 4.39 Å². The molecule has 0 aliphatic rings. The summed E-state index contributed by atoms with van der Waals surface area (Å²) < 4.78 is 18.0. The molecule has 20 heavy (non-hydrogen) atoms. The molecule has 0 aliphatic heterocycles. The SMILES string of the molecule is CN(C)CC(O)CNC(=O)COc1ccc(F)cc1Cl. The van der Waals surface area contributed by atoms with Crippen molar-refractivity contribution in [3.8, 4) is 5.75 Å². The molecule has 0 heterocycles. The molecule has 0 aromatic heterocycles. The van der Waals surface area contributed by atoms with Crippen molar-refractivity contribution in [3.63, 3.8) is 0 Å². The van der Waals surface area contributed by atoms with Crippen LogP contribution >= 0.6 is 11.6 Å². The molecule has 0 fully saturated rings. The first-order chi connectivity index (χ1) is 9.38. The highest BCUT2D eigenvalue weighted by Gasteiger charge is 2.10. The summed E-state index contributed by atoms with van der Waals surface area (Å²) in [4.78, 5) is 13.3. The fourth-order valence-electron chi connectivity index (χ4n) is 1.50. The molecule has 1 unspecified atom stereocenters. The summed E-state index contributed by atoms with van der Waals surface area (Å²) in [6.45, 7) is 0.336. The van der Waals surface area contributed by atoms with Crippen molar-refractivity contribution in [1.29, 1.82) is 0 Å². The Balaban J connectivity index is 2.33. The van der Waals surface area contributed by atoms with Crippen LogP contribution in [0, 0.1) is 5.82 Å². The number of aliphatic hydroxyl groups excluding tert-OH is 1. The Morgan fingerprint density at radius 1 is 1.55 bits per heavy atom. The molecule has 112 valence electrons. The Morgan fingerprint density at radius 3 is 2.85 bits per heavy atom. The zero-order valence-electron chi connectivity index (χ0n) is 11.4. The monoisotopic (exact) mass is 304 g/mol. The second-order valence-electron chi connectivity index (χ2n) is 4.58. The molecule has 1 atom stereocenters. The third-order valence-electron chi connectivity index (χ3n) is 2.36. The van der Waals surface area contributed by atoms with Gasteiger partial charge in [0.05, 0.1) is 11.1 Å². The maximum absolute atomic E-state index is 12.8. The third kappa shape index (κ3) is 6.18. The van der Waals surface area contributed by atoms with Gasteiger partial charge in [-0.25, -0.2) is 4.39 Å². The van der Waals surface area contributed by atoms with Crippen molar-refractivity contribution in [2.45, 2.75) is 6.10 Å². The Hall–Kier alpha value is -1.37. The number of halogens is 2. The number of aliphatic hydroxyl groups is 1. The lowest BCUT2D eigenvalue weighted by atomic mass is 10.3. The zero-order valence-corrected chi connectivity index (χ0v) is 12.2. The van der Waals surface area contributed by atoms with Crippen molar-refractivity contribution in [2.24, 2.45) is 0 Å². The quantitative estimate of drug-likeness (QED) is 0.785. The van der Waals surface area contributed by atoms with Crippen molar-refractivity contribution >= 4 is 17.5 Å². The van der Waals surface area contributed by atoms with Gasteiger partial charge in [0.25, 0.3) is 5.91 Å². The van der Waals surface area contributed by atoms with E-state index in [0.29, 0.717) is 6.54 Å². The van der Waals surface area contributed by atoms with E-state index in [4.69, 9.17) is 16.3 Å². The van der Waals surface area contributed by atoms with E-state index in [-0.39, 0.29) is 29.8 Å². The van der Waals surface area contributed by atoms with Crippen molar-refractivity contribution in [3.05, 3.63) is 29.0 Å². The van der Waals surface area contributed by atoms with Crippen LogP contribution < -0.4 is 10.1 Å². The highest BCUT2D eigenvalue weighted by atomic mass is 35.5. The van der Waals surface area contributed by atoms with Gasteiger partial charge in [0.15, 0.2) is 6.61 Å². The number of benzene rings is 1. The molecule has 0 saturated heterocycles. The molecule has 1 aromatic rings. The molecule has 1 amide bonds. The summed E-state index contributed by atoms with van der Waals surface area (Å²) in [6, 6.07) is 3.65. The molecule has 0 radical (unpaired) electrons. The average molecular weight is 305 g/mol. The molecule has 0 spiro atoms. The van der Waals surface area contributed by atoms with Gasteiger partial charge < -0.3 is 20.1 Å². The maximum atomic E-state index is 12.8. The van der Waals surface area contributed by atoms with Crippen LogP contribution in [-0.2, 0) is 4.79 Å². The third-order valence-corrected chi connectivity index (χ3v) is 2.66. The van der Waals surface area contributed by atoms with Crippen LogP contribution in [-0.4, -0.2) is 55.8 Å². The van der Waals surface area contributed by atoms with Gasteiger partial charge in [-0.3, -0.25) is 4.79 Å². The van der Waals surface area contributed by atoms with E-state index in [2.05, 4.69) is 5.32 Å². The number of hydrogen-bond donors (Lipinski definition) is 2. The van der Waals surface area contributed by atoms with Gasteiger partial charge in [-0.15, -0.1) is 0 Å². The number of amides is 1. The molecule has 1 aromatic carbocycles. The van der Waals surface area contributed by atoms with Gasteiger partial charge in [0.1, 0.15) is 11.6 Å². The molecule has 0 saturated carbocycles. The average Bonchev–Trinajstić information content (AvgIpc) is 2.34.